The fraction of sp³-hybridized carbons (Fsp3) is 0.333. The van der Waals surface area contributed by atoms with Gasteiger partial charge in [-0.05, 0) is 61.2 Å². The number of hydrogen-bond acceptors (Lipinski definition) is 1. The summed E-state index contributed by atoms with van der Waals surface area (Å²) in [5.74, 6) is 0. The summed E-state index contributed by atoms with van der Waals surface area (Å²) in [6.45, 7) is 5.29. The van der Waals surface area contributed by atoms with Crippen molar-refractivity contribution in [1.29, 1.82) is 0 Å². The third kappa shape index (κ3) is 4.57. The lowest BCUT2D eigenvalue weighted by molar-refractivity contribution is 0.527. The molecule has 0 fully saturated rings. The zero-order chi connectivity index (χ0) is 15.2. The predicted octanol–water partition coefficient (Wildman–Crippen LogP) is 5.69. The van der Waals surface area contributed by atoms with E-state index in [9.17, 15) is 0 Å². The van der Waals surface area contributed by atoms with Crippen LogP contribution < -0.4 is 5.32 Å². The minimum absolute atomic E-state index is 0.290. The average Bonchev–Trinajstić information content (AvgIpc) is 2.47. The lowest BCUT2D eigenvalue weighted by Gasteiger charge is -2.22. The van der Waals surface area contributed by atoms with Crippen molar-refractivity contribution >= 4 is 27.5 Å². The normalized spacial score (nSPS) is 12.4. The summed E-state index contributed by atoms with van der Waals surface area (Å²) in [6.07, 6.45) is 2.08. The Balaban J connectivity index is 2.27. The molecule has 21 heavy (non-hydrogen) atoms. The van der Waals surface area contributed by atoms with Gasteiger partial charge in [0.2, 0.25) is 0 Å². The smallest absolute Gasteiger partial charge is 0.0438 e. The molecular weight excluding hydrogens is 346 g/mol. The van der Waals surface area contributed by atoms with Gasteiger partial charge >= 0.3 is 0 Å². The predicted molar refractivity (Wildman–Crippen MR) is 95.1 cm³/mol. The largest absolute Gasteiger partial charge is 0.310 e. The summed E-state index contributed by atoms with van der Waals surface area (Å²) in [5, 5.41) is 4.49. The Morgan fingerprint density at radius 3 is 2.67 bits per heavy atom. The molecule has 0 bridgehead atoms. The molecule has 1 unspecified atom stereocenters. The van der Waals surface area contributed by atoms with Gasteiger partial charge in [-0.1, -0.05) is 58.7 Å². The first-order valence-corrected chi connectivity index (χ1v) is 8.51. The molecule has 0 spiro atoms. The van der Waals surface area contributed by atoms with Gasteiger partial charge in [0.15, 0.2) is 0 Å². The molecule has 1 N–H and O–H groups in total. The van der Waals surface area contributed by atoms with Crippen LogP contribution in [0.3, 0.4) is 0 Å². The van der Waals surface area contributed by atoms with Gasteiger partial charge in [-0.15, -0.1) is 0 Å². The minimum atomic E-state index is 0.290. The van der Waals surface area contributed by atoms with E-state index in [0.717, 1.165) is 28.9 Å². The van der Waals surface area contributed by atoms with E-state index in [1.54, 1.807) is 0 Å². The molecule has 2 aromatic carbocycles. The van der Waals surface area contributed by atoms with Crippen LogP contribution in [-0.4, -0.2) is 6.54 Å². The second kappa shape index (κ2) is 7.98. The molecule has 0 saturated carbocycles. The van der Waals surface area contributed by atoms with Crippen LogP contribution in [0.15, 0.2) is 46.9 Å². The van der Waals surface area contributed by atoms with Gasteiger partial charge in [-0.25, -0.2) is 0 Å². The van der Waals surface area contributed by atoms with Crippen molar-refractivity contribution in [3.05, 3.63) is 68.7 Å². The van der Waals surface area contributed by atoms with Crippen molar-refractivity contribution < 1.29 is 0 Å². The maximum absolute atomic E-state index is 6.28. The van der Waals surface area contributed by atoms with E-state index >= 15 is 0 Å². The summed E-state index contributed by atoms with van der Waals surface area (Å²) >= 11 is 9.83. The molecule has 0 aliphatic rings. The average molecular weight is 367 g/mol. The zero-order valence-electron chi connectivity index (χ0n) is 12.5. The summed E-state index contributed by atoms with van der Waals surface area (Å²) < 4.78 is 1.12. The fourth-order valence-electron chi connectivity index (χ4n) is 2.51. The van der Waals surface area contributed by atoms with Crippen LogP contribution in [0.25, 0.3) is 0 Å². The first-order valence-electron chi connectivity index (χ1n) is 7.34. The summed E-state index contributed by atoms with van der Waals surface area (Å²) in [7, 11) is 0. The standard InChI is InChI=1S/C18H21BrClN/c1-3-10-21-18(12-14-6-4-7-15(19)11-14)16-8-5-9-17(20)13(16)2/h4-9,11,18,21H,3,10,12H2,1-2H3. The Labute approximate surface area is 140 Å². The van der Waals surface area contributed by atoms with Crippen LogP contribution in [0.2, 0.25) is 5.02 Å². The molecular formula is C18H21BrClN. The molecule has 1 atom stereocenters. The number of halogens is 2. The fourth-order valence-corrected chi connectivity index (χ4v) is 3.14. The molecule has 1 nitrogen and oxygen atoms in total. The van der Waals surface area contributed by atoms with E-state index in [2.05, 4.69) is 65.4 Å². The highest BCUT2D eigenvalue weighted by atomic mass is 79.9. The Kier molecular flexibility index (Phi) is 6.28. The van der Waals surface area contributed by atoms with Crippen molar-refractivity contribution in [3.63, 3.8) is 0 Å². The van der Waals surface area contributed by atoms with Crippen LogP contribution >= 0.6 is 27.5 Å². The summed E-state index contributed by atoms with van der Waals surface area (Å²) in [4.78, 5) is 0. The molecule has 0 aromatic heterocycles. The molecule has 0 radical (unpaired) electrons. The molecule has 0 aliphatic carbocycles. The van der Waals surface area contributed by atoms with E-state index < -0.39 is 0 Å². The maximum atomic E-state index is 6.28. The van der Waals surface area contributed by atoms with E-state index in [4.69, 9.17) is 11.6 Å². The number of benzene rings is 2. The van der Waals surface area contributed by atoms with E-state index in [0.29, 0.717) is 0 Å². The van der Waals surface area contributed by atoms with Gasteiger partial charge in [-0.2, -0.15) is 0 Å². The van der Waals surface area contributed by atoms with Crippen LogP contribution in [0, 0.1) is 6.92 Å². The van der Waals surface area contributed by atoms with Gasteiger partial charge in [0, 0.05) is 15.5 Å². The zero-order valence-corrected chi connectivity index (χ0v) is 14.8. The van der Waals surface area contributed by atoms with Crippen molar-refractivity contribution in [2.45, 2.75) is 32.7 Å². The topological polar surface area (TPSA) is 12.0 Å². The van der Waals surface area contributed by atoms with Gasteiger partial charge in [-0.3, -0.25) is 0 Å². The quantitative estimate of drug-likeness (QED) is 0.692. The highest BCUT2D eigenvalue weighted by Crippen LogP contribution is 2.27. The van der Waals surface area contributed by atoms with E-state index in [1.807, 2.05) is 12.1 Å². The maximum Gasteiger partial charge on any atom is 0.0438 e. The van der Waals surface area contributed by atoms with Crippen LogP contribution in [0.1, 0.15) is 36.1 Å². The summed E-state index contributed by atoms with van der Waals surface area (Å²) in [6, 6.07) is 14.9. The Bertz CT molecular complexity index is 598. The molecule has 0 heterocycles. The second-order valence-electron chi connectivity index (χ2n) is 5.29. The van der Waals surface area contributed by atoms with Crippen LogP contribution in [-0.2, 0) is 6.42 Å². The van der Waals surface area contributed by atoms with Gasteiger partial charge < -0.3 is 5.32 Å². The molecule has 0 saturated heterocycles. The summed E-state index contributed by atoms with van der Waals surface area (Å²) in [5.41, 5.74) is 3.77. The molecule has 112 valence electrons. The van der Waals surface area contributed by atoms with Crippen molar-refractivity contribution in [3.8, 4) is 0 Å². The minimum Gasteiger partial charge on any atom is -0.310 e. The van der Waals surface area contributed by atoms with Gasteiger partial charge in [0.1, 0.15) is 0 Å². The third-order valence-corrected chi connectivity index (χ3v) is 4.56. The van der Waals surface area contributed by atoms with E-state index in [1.165, 1.54) is 16.7 Å². The molecule has 0 aliphatic heterocycles. The molecule has 0 amide bonds. The van der Waals surface area contributed by atoms with Crippen LogP contribution in [0.4, 0.5) is 0 Å². The first kappa shape index (κ1) is 16.5. The molecule has 2 rings (SSSR count). The number of nitrogens with one attached hydrogen (secondary N) is 1. The first-order chi connectivity index (χ1) is 10.1. The molecule has 2 aromatic rings. The van der Waals surface area contributed by atoms with Crippen LogP contribution in [0.5, 0.6) is 0 Å². The highest BCUT2D eigenvalue weighted by molar-refractivity contribution is 9.10. The van der Waals surface area contributed by atoms with Crippen molar-refractivity contribution in [1.82, 2.24) is 5.32 Å². The Morgan fingerprint density at radius 2 is 1.95 bits per heavy atom. The Hall–Kier alpha value is -0.830. The van der Waals surface area contributed by atoms with Crippen molar-refractivity contribution in [2.75, 3.05) is 6.54 Å². The van der Waals surface area contributed by atoms with Gasteiger partial charge in [0.05, 0.1) is 0 Å². The lowest BCUT2D eigenvalue weighted by Crippen LogP contribution is -2.25. The lowest BCUT2D eigenvalue weighted by atomic mass is 9.95. The van der Waals surface area contributed by atoms with Gasteiger partial charge in [0.25, 0.3) is 0 Å². The second-order valence-corrected chi connectivity index (χ2v) is 6.62. The Morgan fingerprint density at radius 1 is 1.19 bits per heavy atom. The van der Waals surface area contributed by atoms with Crippen molar-refractivity contribution in [2.24, 2.45) is 0 Å². The highest BCUT2D eigenvalue weighted by Gasteiger charge is 2.15. The number of rotatable bonds is 6. The SMILES string of the molecule is CCCNC(Cc1cccc(Br)c1)c1cccc(Cl)c1C. The van der Waals surface area contributed by atoms with E-state index in [-0.39, 0.29) is 6.04 Å². The third-order valence-electron chi connectivity index (χ3n) is 3.65. The monoisotopic (exact) mass is 365 g/mol. The number of hydrogen-bond donors (Lipinski definition) is 1. The molecule has 3 heteroatoms.